The van der Waals surface area contributed by atoms with Crippen molar-refractivity contribution in [3.05, 3.63) is 35.7 Å². The number of carbonyl (C=O) groups is 1. The van der Waals surface area contributed by atoms with E-state index in [1.165, 1.54) is 28.6 Å². The van der Waals surface area contributed by atoms with E-state index >= 15 is 0 Å². The molecule has 0 saturated carbocycles. The van der Waals surface area contributed by atoms with Gasteiger partial charge in [-0.3, -0.25) is 10.1 Å². The lowest BCUT2D eigenvalue weighted by Gasteiger charge is -2.19. The first-order valence-electron chi connectivity index (χ1n) is 9.90. The van der Waals surface area contributed by atoms with Crippen LogP contribution >= 0.6 is 0 Å². The van der Waals surface area contributed by atoms with Gasteiger partial charge in [0.25, 0.3) is 5.91 Å². The van der Waals surface area contributed by atoms with Gasteiger partial charge in [0.2, 0.25) is 15.9 Å². The van der Waals surface area contributed by atoms with Crippen LogP contribution in [0, 0.1) is 0 Å². The zero-order chi connectivity index (χ0) is 20.3. The summed E-state index contributed by atoms with van der Waals surface area (Å²) in [6.07, 6.45) is 5.36. The summed E-state index contributed by atoms with van der Waals surface area (Å²) in [4.78, 5) is 12.6. The lowest BCUT2D eigenvalue weighted by atomic mass is 10.2. The molecule has 0 radical (unpaired) electrons. The summed E-state index contributed by atoms with van der Waals surface area (Å²) in [6, 6.07) is 5.87. The zero-order valence-electron chi connectivity index (χ0n) is 16.0. The third-order valence-electron chi connectivity index (χ3n) is 5.19. The third-order valence-corrected chi connectivity index (χ3v) is 7.10. The molecular weight excluding hydrogens is 396 g/mol. The molecule has 0 spiro atoms. The van der Waals surface area contributed by atoms with Gasteiger partial charge < -0.3 is 9.15 Å². The number of anilines is 1. The zero-order valence-corrected chi connectivity index (χ0v) is 16.9. The molecule has 1 unspecified atom stereocenters. The predicted molar refractivity (Wildman–Crippen MR) is 104 cm³/mol. The van der Waals surface area contributed by atoms with Crippen LogP contribution in [0.4, 0.5) is 6.01 Å². The maximum atomic E-state index is 12.8. The number of aromatic nitrogens is 2. The van der Waals surface area contributed by atoms with Gasteiger partial charge in [0.05, 0.1) is 4.90 Å². The van der Waals surface area contributed by atoms with E-state index in [9.17, 15) is 13.2 Å². The number of benzene rings is 1. The van der Waals surface area contributed by atoms with E-state index in [4.69, 9.17) is 9.15 Å². The van der Waals surface area contributed by atoms with E-state index in [0.717, 1.165) is 38.5 Å². The summed E-state index contributed by atoms with van der Waals surface area (Å²) in [5, 5.41) is 10.3. The van der Waals surface area contributed by atoms with Crippen LogP contribution in [0.15, 0.2) is 33.6 Å². The van der Waals surface area contributed by atoms with Crippen LogP contribution in [0.3, 0.4) is 0 Å². The molecule has 156 valence electrons. The molecule has 2 aliphatic rings. The number of sulfonamides is 1. The number of ether oxygens (including phenoxy) is 1. The SMILES string of the molecule is O=C(Nc1nnc(C2CCCO2)o1)c1ccc(S(=O)(=O)N2CCCCCC2)cc1. The Morgan fingerprint density at radius 3 is 2.41 bits per heavy atom. The van der Waals surface area contributed by atoms with Crippen molar-refractivity contribution < 1.29 is 22.4 Å². The normalized spacial score (nSPS) is 21.0. The molecule has 0 aliphatic carbocycles. The van der Waals surface area contributed by atoms with Gasteiger partial charge in [-0.25, -0.2) is 8.42 Å². The third kappa shape index (κ3) is 4.49. The van der Waals surface area contributed by atoms with Gasteiger partial charge in [-0.15, -0.1) is 5.10 Å². The maximum Gasteiger partial charge on any atom is 0.322 e. The summed E-state index contributed by atoms with van der Waals surface area (Å²) in [5.74, 6) is -0.108. The van der Waals surface area contributed by atoms with Gasteiger partial charge >= 0.3 is 6.01 Å². The van der Waals surface area contributed by atoms with Crippen molar-refractivity contribution in [1.82, 2.24) is 14.5 Å². The fourth-order valence-electron chi connectivity index (χ4n) is 3.57. The summed E-state index contributed by atoms with van der Waals surface area (Å²) in [7, 11) is -3.55. The second kappa shape index (κ2) is 8.60. The van der Waals surface area contributed by atoms with Gasteiger partial charge in [0, 0.05) is 25.3 Å². The van der Waals surface area contributed by atoms with Crippen molar-refractivity contribution in [1.29, 1.82) is 0 Å². The minimum absolute atomic E-state index is 0.0123. The first-order chi connectivity index (χ1) is 14.0. The fraction of sp³-hybridized carbons (Fsp3) is 0.526. The molecule has 4 rings (SSSR count). The molecule has 1 atom stereocenters. The Morgan fingerprint density at radius 2 is 1.76 bits per heavy atom. The van der Waals surface area contributed by atoms with Crippen LogP contribution in [-0.2, 0) is 14.8 Å². The van der Waals surface area contributed by atoms with Crippen LogP contribution in [0.1, 0.15) is 60.9 Å². The van der Waals surface area contributed by atoms with Gasteiger partial charge in [-0.2, -0.15) is 4.31 Å². The Balaban J connectivity index is 1.42. The molecular formula is C19H24N4O5S. The number of nitrogens with zero attached hydrogens (tertiary/aromatic N) is 3. The summed E-state index contributed by atoms with van der Waals surface area (Å²) < 4.78 is 38.1. The largest absolute Gasteiger partial charge is 0.405 e. The average molecular weight is 420 g/mol. The Hall–Kier alpha value is -2.30. The molecule has 1 aromatic heterocycles. The molecule has 1 amide bonds. The summed E-state index contributed by atoms with van der Waals surface area (Å²) in [6.45, 7) is 1.73. The lowest BCUT2D eigenvalue weighted by molar-refractivity contribution is 0.0893. The number of amides is 1. The Bertz CT molecular complexity index is 943. The van der Waals surface area contributed by atoms with E-state index < -0.39 is 15.9 Å². The van der Waals surface area contributed by atoms with Crippen molar-refractivity contribution in [3.63, 3.8) is 0 Å². The highest BCUT2D eigenvalue weighted by Gasteiger charge is 2.26. The van der Waals surface area contributed by atoms with Crippen LogP contribution in [-0.4, -0.2) is 48.5 Å². The van der Waals surface area contributed by atoms with Crippen molar-refractivity contribution in [2.24, 2.45) is 0 Å². The number of carbonyl (C=O) groups excluding carboxylic acids is 1. The Labute approximate surface area is 169 Å². The second-order valence-electron chi connectivity index (χ2n) is 7.24. The number of hydrogen-bond acceptors (Lipinski definition) is 7. The molecule has 9 nitrogen and oxygen atoms in total. The summed E-state index contributed by atoms with van der Waals surface area (Å²) >= 11 is 0. The highest BCUT2D eigenvalue weighted by Crippen LogP contribution is 2.28. The molecule has 1 aromatic carbocycles. The van der Waals surface area contributed by atoms with E-state index in [0.29, 0.717) is 31.2 Å². The second-order valence-corrected chi connectivity index (χ2v) is 9.18. The Morgan fingerprint density at radius 1 is 1.03 bits per heavy atom. The molecule has 2 aromatic rings. The number of rotatable bonds is 5. The molecule has 1 N–H and O–H groups in total. The van der Waals surface area contributed by atoms with Crippen molar-refractivity contribution in [2.45, 2.75) is 49.5 Å². The topological polar surface area (TPSA) is 115 Å². The van der Waals surface area contributed by atoms with Gasteiger partial charge in [-0.1, -0.05) is 17.9 Å². The van der Waals surface area contributed by atoms with E-state index in [1.54, 1.807) is 0 Å². The molecule has 3 heterocycles. The van der Waals surface area contributed by atoms with Crippen LogP contribution < -0.4 is 5.32 Å². The van der Waals surface area contributed by atoms with Gasteiger partial charge in [0.1, 0.15) is 6.10 Å². The quantitative estimate of drug-likeness (QED) is 0.791. The van der Waals surface area contributed by atoms with Gasteiger partial charge in [0.15, 0.2) is 0 Å². The minimum Gasteiger partial charge on any atom is -0.405 e. The molecule has 10 heteroatoms. The average Bonchev–Trinajstić information content (AvgIpc) is 3.34. The first-order valence-corrected chi connectivity index (χ1v) is 11.3. The minimum atomic E-state index is -3.55. The first kappa shape index (κ1) is 20.0. The van der Waals surface area contributed by atoms with Crippen LogP contribution in [0.2, 0.25) is 0 Å². The maximum absolute atomic E-state index is 12.8. The van der Waals surface area contributed by atoms with Gasteiger partial charge in [-0.05, 0) is 49.9 Å². The summed E-state index contributed by atoms with van der Waals surface area (Å²) in [5.41, 5.74) is 0.302. The fourth-order valence-corrected chi connectivity index (χ4v) is 5.08. The smallest absolute Gasteiger partial charge is 0.322 e. The molecule has 2 fully saturated rings. The molecule has 0 bridgehead atoms. The lowest BCUT2D eigenvalue weighted by Crippen LogP contribution is -2.31. The highest BCUT2D eigenvalue weighted by atomic mass is 32.2. The van der Waals surface area contributed by atoms with Crippen molar-refractivity contribution in [3.8, 4) is 0 Å². The highest BCUT2D eigenvalue weighted by molar-refractivity contribution is 7.89. The van der Waals surface area contributed by atoms with E-state index in [1.807, 2.05) is 0 Å². The standard InChI is InChI=1S/C19H24N4O5S/c24-17(20-19-22-21-18(28-19)16-6-5-13-27-16)14-7-9-15(10-8-14)29(25,26)23-11-3-1-2-4-12-23/h7-10,16H,1-6,11-13H2,(H,20,22,24). The number of hydrogen-bond donors (Lipinski definition) is 1. The Kier molecular flexibility index (Phi) is 5.93. The molecule has 29 heavy (non-hydrogen) atoms. The predicted octanol–water partition coefficient (Wildman–Crippen LogP) is 2.74. The molecule has 2 aliphatic heterocycles. The van der Waals surface area contributed by atoms with Crippen LogP contribution in [0.5, 0.6) is 0 Å². The van der Waals surface area contributed by atoms with Crippen molar-refractivity contribution in [2.75, 3.05) is 25.0 Å². The van der Waals surface area contributed by atoms with E-state index in [-0.39, 0.29) is 17.0 Å². The van der Waals surface area contributed by atoms with Crippen LogP contribution in [0.25, 0.3) is 0 Å². The van der Waals surface area contributed by atoms with Crippen molar-refractivity contribution >= 4 is 21.9 Å². The molecule has 2 saturated heterocycles. The number of nitrogens with one attached hydrogen (secondary N) is 1. The van der Waals surface area contributed by atoms with E-state index in [2.05, 4.69) is 15.5 Å². The monoisotopic (exact) mass is 420 g/mol.